The largest absolute Gasteiger partial charge is 0.493 e. The highest BCUT2D eigenvalue weighted by Gasteiger charge is 2.37. The number of benzene rings is 3. The standard InChI is InChI=1S/C26H27NO5/c1-5-31-24-18-9-7-8-10-19(18)25(32-6-2)22-20(24)14-27(26(22)30)23-15(3)11-17(12-16(23)4)13-21(28)29/h7-12H,5-6,13-14H2,1-4H3,(H,28,29). The van der Waals surface area contributed by atoms with E-state index >= 15 is 0 Å². The van der Waals surface area contributed by atoms with Gasteiger partial charge in [0.25, 0.3) is 5.91 Å². The maximum atomic E-state index is 13.8. The van der Waals surface area contributed by atoms with Gasteiger partial charge >= 0.3 is 5.97 Å². The van der Waals surface area contributed by atoms with Crippen molar-refractivity contribution in [2.75, 3.05) is 18.1 Å². The number of rotatable bonds is 7. The van der Waals surface area contributed by atoms with E-state index in [1.807, 2.05) is 64.1 Å². The summed E-state index contributed by atoms with van der Waals surface area (Å²) >= 11 is 0. The number of carbonyl (C=O) groups is 2. The summed E-state index contributed by atoms with van der Waals surface area (Å²) in [5, 5.41) is 10.9. The van der Waals surface area contributed by atoms with Crippen LogP contribution in [0.15, 0.2) is 36.4 Å². The van der Waals surface area contributed by atoms with E-state index in [-0.39, 0.29) is 12.3 Å². The molecule has 6 nitrogen and oxygen atoms in total. The van der Waals surface area contributed by atoms with Crippen LogP contribution in [0.5, 0.6) is 11.5 Å². The van der Waals surface area contributed by atoms with Crippen LogP contribution in [-0.4, -0.2) is 30.2 Å². The third-order valence-corrected chi connectivity index (χ3v) is 5.75. The number of carboxylic acids is 1. The first-order chi connectivity index (χ1) is 15.4. The summed E-state index contributed by atoms with van der Waals surface area (Å²) in [5.41, 5.74) is 4.62. The lowest BCUT2D eigenvalue weighted by Crippen LogP contribution is -2.25. The Morgan fingerprint density at radius 2 is 1.56 bits per heavy atom. The topological polar surface area (TPSA) is 76.1 Å². The second-order valence-corrected chi connectivity index (χ2v) is 7.96. The smallest absolute Gasteiger partial charge is 0.307 e. The van der Waals surface area contributed by atoms with Gasteiger partial charge in [-0.05, 0) is 44.4 Å². The van der Waals surface area contributed by atoms with Crippen LogP contribution in [0, 0.1) is 13.8 Å². The Balaban J connectivity index is 1.90. The summed E-state index contributed by atoms with van der Waals surface area (Å²) in [6.45, 7) is 8.96. The number of carboxylic acid groups (broad SMARTS) is 1. The molecule has 0 aromatic heterocycles. The van der Waals surface area contributed by atoms with Crippen LogP contribution < -0.4 is 14.4 Å². The van der Waals surface area contributed by atoms with Crippen molar-refractivity contribution in [3.8, 4) is 11.5 Å². The van der Waals surface area contributed by atoms with Crippen molar-refractivity contribution in [1.82, 2.24) is 0 Å². The molecule has 32 heavy (non-hydrogen) atoms. The maximum Gasteiger partial charge on any atom is 0.307 e. The van der Waals surface area contributed by atoms with Gasteiger partial charge in [-0.3, -0.25) is 9.59 Å². The van der Waals surface area contributed by atoms with E-state index in [1.165, 1.54) is 0 Å². The van der Waals surface area contributed by atoms with E-state index in [2.05, 4.69) is 0 Å². The first kappa shape index (κ1) is 21.7. The maximum absolute atomic E-state index is 13.8. The number of ether oxygens (including phenoxy) is 2. The molecule has 4 rings (SSSR count). The molecule has 1 heterocycles. The van der Waals surface area contributed by atoms with Crippen LogP contribution in [0.2, 0.25) is 0 Å². The van der Waals surface area contributed by atoms with Gasteiger partial charge in [-0.15, -0.1) is 0 Å². The number of aliphatic carboxylic acids is 1. The number of nitrogens with zero attached hydrogens (tertiary/aromatic N) is 1. The Hall–Kier alpha value is -3.54. The van der Waals surface area contributed by atoms with Crippen molar-refractivity contribution in [2.45, 2.75) is 40.7 Å². The second-order valence-electron chi connectivity index (χ2n) is 7.96. The number of aryl methyl sites for hydroxylation is 2. The fourth-order valence-electron chi connectivity index (χ4n) is 4.70. The number of hydrogen-bond donors (Lipinski definition) is 1. The van der Waals surface area contributed by atoms with Crippen LogP contribution in [0.3, 0.4) is 0 Å². The molecule has 1 aliphatic rings. The van der Waals surface area contributed by atoms with Gasteiger partial charge in [-0.25, -0.2) is 0 Å². The highest BCUT2D eigenvalue weighted by molar-refractivity contribution is 6.17. The zero-order valence-electron chi connectivity index (χ0n) is 18.8. The summed E-state index contributed by atoms with van der Waals surface area (Å²) in [5.74, 6) is 0.296. The molecule has 0 aliphatic carbocycles. The van der Waals surface area contributed by atoms with Crippen molar-refractivity contribution >= 4 is 28.3 Å². The van der Waals surface area contributed by atoms with Crippen molar-refractivity contribution in [1.29, 1.82) is 0 Å². The SMILES string of the molecule is CCOc1c2c(c(OCC)c3ccccc13)C(=O)N(c1c(C)cc(CC(=O)O)cc1C)C2. The molecule has 0 fully saturated rings. The minimum absolute atomic E-state index is 0.0511. The van der Waals surface area contributed by atoms with E-state index in [0.717, 1.165) is 44.5 Å². The van der Waals surface area contributed by atoms with Crippen molar-refractivity contribution in [3.63, 3.8) is 0 Å². The first-order valence-corrected chi connectivity index (χ1v) is 10.8. The van der Waals surface area contributed by atoms with E-state index in [0.29, 0.717) is 31.1 Å². The van der Waals surface area contributed by atoms with Crippen LogP contribution in [0.25, 0.3) is 10.8 Å². The molecule has 166 valence electrons. The highest BCUT2D eigenvalue weighted by Crippen LogP contribution is 2.47. The highest BCUT2D eigenvalue weighted by atomic mass is 16.5. The molecule has 3 aromatic rings. The zero-order chi connectivity index (χ0) is 23.0. The molecule has 3 aromatic carbocycles. The van der Waals surface area contributed by atoms with Crippen molar-refractivity contribution in [2.24, 2.45) is 0 Å². The van der Waals surface area contributed by atoms with E-state index in [9.17, 15) is 9.59 Å². The minimum atomic E-state index is -0.879. The van der Waals surface area contributed by atoms with Gasteiger partial charge in [0.2, 0.25) is 0 Å². The average Bonchev–Trinajstić information content (AvgIpc) is 3.06. The molecular formula is C26H27NO5. The monoisotopic (exact) mass is 433 g/mol. The van der Waals surface area contributed by atoms with Crippen molar-refractivity contribution < 1.29 is 24.2 Å². The molecule has 1 aliphatic heterocycles. The predicted octanol–water partition coefficient (Wildman–Crippen LogP) is 5.04. The average molecular weight is 434 g/mol. The molecule has 0 spiro atoms. The lowest BCUT2D eigenvalue weighted by atomic mass is 9.99. The number of fused-ring (bicyclic) bond motifs is 2. The molecule has 0 radical (unpaired) electrons. The Labute approximate surface area is 187 Å². The van der Waals surface area contributed by atoms with Gasteiger partial charge in [0.1, 0.15) is 11.5 Å². The molecule has 6 heteroatoms. The van der Waals surface area contributed by atoms with Gasteiger partial charge in [-0.1, -0.05) is 36.4 Å². The van der Waals surface area contributed by atoms with Gasteiger partial charge in [0.15, 0.2) is 0 Å². The van der Waals surface area contributed by atoms with Crippen LogP contribution in [0.1, 0.15) is 46.5 Å². The quantitative estimate of drug-likeness (QED) is 0.565. The minimum Gasteiger partial charge on any atom is -0.493 e. The normalized spacial score (nSPS) is 12.9. The fraction of sp³-hybridized carbons (Fsp3) is 0.308. The molecule has 0 saturated carbocycles. The number of anilines is 1. The second kappa shape index (κ2) is 8.54. The number of carbonyl (C=O) groups excluding carboxylic acids is 1. The van der Waals surface area contributed by atoms with Crippen LogP contribution >= 0.6 is 0 Å². The lowest BCUT2D eigenvalue weighted by molar-refractivity contribution is -0.136. The molecule has 0 unspecified atom stereocenters. The van der Waals surface area contributed by atoms with E-state index in [4.69, 9.17) is 14.6 Å². The van der Waals surface area contributed by atoms with Crippen LogP contribution in [0.4, 0.5) is 5.69 Å². The van der Waals surface area contributed by atoms with Gasteiger partial charge in [0.05, 0.1) is 37.4 Å². The third kappa shape index (κ3) is 3.55. The summed E-state index contributed by atoms with van der Waals surface area (Å²) < 4.78 is 12.1. The number of hydrogen-bond acceptors (Lipinski definition) is 4. The Morgan fingerprint density at radius 3 is 2.12 bits per heavy atom. The third-order valence-electron chi connectivity index (χ3n) is 5.75. The predicted molar refractivity (Wildman–Crippen MR) is 124 cm³/mol. The zero-order valence-corrected chi connectivity index (χ0v) is 18.8. The van der Waals surface area contributed by atoms with E-state index < -0.39 is 5.97 Å². The van der Waals surface area contributed by atoms with Gasteiger partial charge < -0.3 is 19.5 Å². The number of amides is 1. The fourth-order valence-corrected chi connectivity index (χ4v) is 4.70. The Kier molecular flexibility index (Phi) is 5.78. The molecule has 1 amide bonds. The molecule has 0 bridgehead atoms. The molecule has 0 atom stereocenters. The van der Waals surface area contributed by atoms with Gasteiger partial charge in [-0.2, -0.15) is 0 Å². The summed E-state index contributed by atoms with van der Waals surface area (Å²) in [4.78, 5) is 26.7. The molecule has 1 N–H and O–H groups in total. The summed E-state index contributed by atoms with van der Waals surface area (Å²) in [6.07, 6.45) is -0.0511. The Morgan fingerprint density at radius 1 is 1.00 bits per heavy atom. The lowest BCUT2D eigenvalue weighted by Gasteiger charge is -2.22. The summed E-state index contributed by atoms with van der Waals surface area (Å²) in [6, 6.07) is 11.5. The van der Waals surface area contributed by atoms with E-state index in [1.54, 1.807) is 4.90 Å². The van der Waals surface area contributed by atoms with Crippen LogP contribution in [-0.2, 0) is 17.8 Å². The molecular weight excluding hydrogens is 406 g/mol. The first-order valence-electron chi connectivity index (χ1n) is 10.8. The van der Waals surface area contributed by atoms with Gasteiger partial charge in [0, 0.05) is 16.3 Å². The Bertz CT molecular complexity index is 1210. The van der Waals surface area contributed by atoms with Crippen molar-refractivity contribution in [3.05, 3.63) is 64.2 Å². The summed E-state index contributed by atoms with van der Waals surface area (Å²) in [7, 11) is 0. The molecule has 0 saturated heterocycles.